The van der Waals surface area contributed by atoms with Crippen LogP contribution in [0.3, 0.4) is 0 Å². The van der Waals surface area contributed by atoms with Gasteiger partial charge in [0.1, 0.15) is 6.29 Å². The van der Waals surface area contributed by atoms with Crippen LogP contribution in [-0.4, -0.2) is 6.29 Å². The largest absolute Gasteiger partial charge is 0.303 e. The summed E-state index contributed by atoms with van der Waals surface area (Å²) in [5, 5.41) is 0. The van der Waals surface area contributed by atoms with E-state index in [0.717, 1.165) is 28.5 Å². The number of carbonyl (C=O) groups is 1. The number of aldehydes is 1. The fraction of sp³-hybridized carbons (Fsp3) is 0.118. The van der Waals surface area contributed by atoms with Gasteiger partial charge in [0.2, 0.25) is 0 Å². The Morgan fingerprint density at radius 1 is 1.06 bits per heavy atom. The Kier molecular flexibility index (Phi) is 3.73. The number of hydrogen-bond acceptors (Lipinski definition) is 1. The van der Waals surface area contributed by atoms with Crippen LogP contribution in [0.25, 0.3) is 5.57 Å². The molecule has 2 aromatic carbocycles. The zero-order valence-electron chi connectivity index (χ0n) is 10.5. The van der Waals surface area contributed by atoms with E-state index in [2.05, 4.69) is 6.58 Å². The fourth-order valence-corrected chi connectivity index (χ4v) is 1.89. The number of rotatable bonds is 4. The molecule has 2 rings (SSSR count). The van der Waals surface area contributed by atoms with Crippen molar-refractivity contribution in [1.29, 1.82) is 0 Å². The molecule has 0 N–H and O–H groups in total. The lowest BCUT2D eigenvalue weighted by Gasteiger charge is -2.10. The van der Waals surface area contributed by atoms with Crippen molar-refractivity contribution in [2.45, 2.75) is 12.8 Å². The van der Waals surface area contributed by atoms with E-state index in [1.165, 1.54) is 0 Å². The second-order valence-electron chi connectivity index (χ2n) is 4.39. The second kappa shape index (κ2) is 5.46. The standard InChI is InChI=1S/C17H16O/c1-13(12-18)16-9-6-10-17(11-16)14(2)15-7-4-3-5-8-15/h3-13H,2H2,1H3. The summed E-state index contributed by atoms with van der Waals surface area (Å²) in [6.07, 6.45) is 0.963. The smallest absolute Gasteiger partial charge is 0.127 e. The molecule has 1 heteroatoms. The van der Waals surface area contributed by atoms with Crippen LogP contribution in [0.1, 0.15) is 29.5 Å². The number of carbonyl (C=O) groups excluding carboxylic acids is 1. The first-order valence-electron chi connectivity index (χ1n) is 6.02. The van der Waals surface area contributed by atoms with E-state index < -0.39 is 0 Å². The molecular weight excluding hydrogens is 220 g/mol. The Morgan fingerprint density at radius 2 is 1.72 bits per heavy atom. The molecule has 0 saturated carbocycles. The maximum Gasteiger partial charge on any atom is 0.127 e. The Balaban J connectivity index is 2.34. The van der Waals surface area contributed by atoms with Crippen molar-refractivity contribution < 1.29 is 4.79 Å². The molecule has 0 bridgehead atoms. The monoisotopic (exact) mass is 236 g/mol. The first kappa shape index (κ1) is 12.3. The van der Waals surface area contributed by atoms with Gasteiger partial charge in [-0.3, -0.25) is 0 Å². The van der Waals surface area contributed by atoms with Crippen molar-refractivity contribution in [3.05, 3.63) is 77.9 Å². The molecular formula is C17H16O. The van der Waals surface area contributed by atoms with E-state index >= 15 is 0 Å². The molecule has 1 nitrogen and oxygen atoms in total. The second-order valence-corrected chi connectivity index (χ2v) is 4.39. The molecule has 0 aliphatic carbocycles. The minimum absolute atomic E-state index is 0.0754. The van der Waals surface area contributed by atoms with Gasteiger partial charge in [-0.15, -0.1) is 0 Å². The topological polar surface area (TPSA) is 17.1 Å². The summed E-state index contributed by atoms with van der Waals surface area (Å²) in [7, 11) is 0. The van der Waals surface area contributed by atoms with Gasteiger partial charge in [0, 0.05) is 5.92 Å². The van der Waals surface area contributed by atoms with Gasteiger partial charge in [0.15, 0.2) is 0 Å². The summed E-state index contributed by atoms with van der Waals surface area (Å²) in [6.45, 7) is 6.03. The Bertz CT molecular complexity index is 555. The summed E-state index contributed by atoms with van der Waals surface area (Å²) in [6, 6.07) is 18.1. The molecule has 0 saturated heterocycles. The Hall–Kier alpha value is -2.15. The van der Waals surface area contributed by atoms with E-state index in [0.29, 0.717) is 0 Å². The summed E-state index contributed by atoms with van der Waals surface area (Å²) in [4.78, 5) is 10.8. The van der Waals surface area contributed by atoms with Crippen molar-refractivity contribution in [2.75, 3.05) is 0 Å². The van der Waals surface area contributed by atoms with Gasteiger partial charge in [-0.05, 0) is 22.3 Å². The SMILES string of the molecule is C=C(c1ccccc1)c1cccc(C(C)C=O)c1. The van der Waals surface area contributed by atoms with Crippen LogP contribution < -0.4 is 0 Å². The van der Waals surface area contributed by atoms with Gasteiger partial charge in [0.05, 0.1) is 0 Å². The maximum absolute atomic E-state index is 10.8. The van der Waals surface area contributed by atoms with Crippen molar-refractivity contribution in [3.8, 4) is 0 Å². The van der Waals surface area contributed by atoms with Gasteiger partial charge < -0.3 is 4.79 Å². The Labute approximate surface area is 108 Å². The van der Waals surface area contributed by atoms with Crippen molar-refractivity contribution in [3.63, 3.8) is 0 Å². The molecule has 18 heavy (non-hydrogen) atoms. The first-order valence-corrected chi connectivity index (χ1v) is 6.02. The van der Waals surface area contributed by atoms with Crippen LogP contribution in [-0.2, 0) is 4.79 Å². The third-order valence-corrected chi connectivity index (χ3v) is 3.09. The van der Waals surface area contributed by atoms with Crippen LogP contribution in [0.2, 0.25) is 0 Å². The third-order valence-electron chi connectivity index (χ3n) is 3.09. The van der Waals surface area contributed by atoms with Gasteiger partial charge in [-0.25, -0.2) is 0 Å². The Morgan fingerprint density at radius 3 is 2.39 bits per heavy atom. The lowest BCUT2D eigenvalue weighted by Crippen LogP contribution is -1.95. The van der Waals surface area contributed by atoms with Gasteiger partial charge in [-0.1, -0.05) is 68.1 Å². The zero-order chi connectivity index (χ0) is 13.0. The molecule has 0 spiro atoms. The van der Waals surface area contributed by atoms with Crippen LogP contribution >= 0.6 is 0 Å². The maximum atomic E-state index is 10.8. The molecule has 0 heterocycles. The molecule has 1 unspecified atom stereocenters. The number of hydrogen-bond donors (Lipinski definition) is 0. The predicted molar refractivity (Wildman–Crippen MR) is 75.5 cm³/mol. The fourth-order valence-electron chi connectivity index (χ4n) is 1.89. The lowest BCUT2D eigenvalue weighted by molar-refractivity contribution is -0.108. The first-order chi connectivity index (χ1) is 8.72. The summed E-state index contributed by atoms with van der Waals surface area (Å²) in [5.74, 6) is -0.0754. The average molecular weight is 236 g/mol. The summed E-state index contributed by atoms with van der Waals surface area (Å²) in [5.41, 5.74) is 4.18. The number of benzene rings is 2. The van der Waals surface area contributed by atoms with E-state index in [-0.39, 0.29) is 5.92 Å². The average Bonchev–Trinajstić information content (AvgIpc) is 2.46. The lowest BCUT2D eigenvalue weighted by atomic mass is 9.94. The van der Waals surface area contributed by atoms with Crippen LogP contribution in [0.5, 0.6) is 0 Å². The molecule has 0 amide bonds. The molecule has 0 fully saturated rings. The molecule has 0 aromatic heterocycles. The summed E-state index contributed by atoms with van der Waals surface area (Å²) >= 11 is 0. The summed E-state index contributed by atoms with van der Waals surface area (Å²) < 4.78 is 0. The molecule has 0 radical (unpaired) electrons. The highest BCUT2D eigenvalue weighted by Crippen LogP contribution is 2.24. The molecule has 1 atom stereocenters. The van der Waals surface area contributed by atoms with Gasteiger partial charge >= 0.3 is 0 Å². The zero-order valence-corrected chi connectivity index (χ0v) is 10.5. The highest BCUT2D eigenvalue weighted by atomic mass is 16.1. The van der Waals surface area contributed by atoms with E-state index in [4.69, 9.17) is 0 Å². The highest BCUT2D eigenvalue weighted by molar-refractivity contribution is 5.78. The normalized spacial score (nSPS) is 11.8. The quantitative estimate of drug-likeness (QED) is 0.732. The molecule has 0 aliphatic heterocycles. The van der Waals surface area contributed by atoms with E-state index in [9.17, 15) is 4.79 Å². The molecule has 0 aliphatic rings. The van der Waals surface area contributed by atoms with Crippen LogP contribution in [0.4, 0.5) is 0 Å². The van der Waals surface area contributed by atoms with Crippen molar-refractivity contribution in [1.82, 2.24) is 0 Å². The molecule has 90 valence electrons. The van der Waals surface area contributed by atoms with Crippen LogP contribution in [0.15, 0.2) is 61.2 Å². The van der Waals surface area contributed by atoms with Crippen molar-refractivity contribution in [2.24, 2.45) is 0 Å². The van der Waals surface area contributed by atoms with Gasteiger partial charge in [-0.2, -0.15) is 0 Å². The van der Waals surface area contributed by atoms with Crippen molar-refractivity contribution >= 4 is 11.9 Å². The minimum atomic E-state index is -0.0754. The van der Waals surface area contributed by atoms with E-state index in [1.807, 2.05) is 61.5 Å². The molecule has 2 aromatic rings. The van der Waals surface area contributed by atoms with E-state index in [1.54, 1.807) is 0 Å². The predicted octanol–water partition coefficient (Wildman–Crippen LogP) is 4.05. The highest BCUT2D eigenvalue weighted by Gasteiger charge is 2.06. The van der Waals surface area contributed by atoms with Gasteiger partial charge in [0.25, 0.3) is 0 Å². The van der Waals surface area contributed by atoms with Crippen LogP contribution in [0, 0.1) is 0 Å². The third kappa shape index (κ3) is 2.57. The minimum Gasteiger partial charge on any atom is -0.303 e.